The van der Waals surface area contributed by atoms with E-state index in [0.29, 0.717) is 0 Å². The maximum atomic E-state index is 10.3. The van der Waals surface area contributed by atoms with Gasteiger partial charge < -0.3 is 5.11 Å². The van der Waals surface area contributed by atoms with Crippen LogP contribution in [-0.4, -0.2) is 10.6 Å². The molecular formula is C8H13NO2. The summed E-state index contributed by atoms with van der Waals surface area (Å²) in [5.74, 6) is -0.225. The van der Waals surface area contributed by atoms with Crippen molar-refractivity contribution in [3.05, 3.63) is 29.4 Å². The third-order valence-corrected chi connectivity index (χ3v) is 1.45. The maximum Gasteiger partial charge on any atom is 0.173 e. The molecule has 3 nitrogen and oxygen atoms in total. The number of aliphatic hydroxyl groups is 1. The normalized spacial score (nSPS) is 16.2. The average Bonchev–Trinajstić information content (AvgIpc) is 2.00. The number of rotatable bonds is 4. The van der Waals surface area contributed by atoms with Crippen molar-refractivity contribution in [1.29, 1.82) is 0 Å². The SMILES string of the molecule is C=C(O)C(C)(C=CCC)N=O. The summed E-state index contributed by atoms with van der Waals surface area (Å²) in [4.78, 5) is 10.3. The number of hydrogen-bond acceptors (Lipinski definition) is 3. The molecule has 1 unspecified atom stereocenters. The lowest BCUT2D eigenvalue weighted by Gasteiger charge is -2.13. The smallest absolute Gasteiger partial charge is 0.173 e. The summed E-state index contributed by atoms with van der Waals surface area (Å²) in [6.07, 6.45) is 4.11. The van der Waals surface area contributed by atoms with Crippen molar-refractivity contribution in [3.8, 4) is 0 Å². The molecule has 11 heavy (non-hydrogen) atoms. The second-order valence-electron chi connectivity index (χ2n) is 2.50. The molecule has 0 amide bonds. The Kier molecular flexibility index (Phi) is 3.51. The van der Waals surface area contributed by atoms with E-state index in [1.54, 1.807) is 12.2 Å². The van der Waals surface area contributed by atoms with Crippen LogP contribution in [0.25, 0.3) is 0 Å². The van der Waals surface area contributed by atoms with Crippen LogP contribution in [0.2, 0.25) is 0 Å². The standard InChI is InChI=1S/C8H13NO2/c1-4-5-6-8(3,9-11)7(2)10/h5-6,10H,2,4H2,1,3H3. The maximum absolute atomic E-state index is 10.3. The predicted molar refractivity (Wildman–Crippen MR) is 45.4 cm³/mol. The first-order chi connectivity index (χ1) is 5.06. The second-order valence-corrected chi connectivity index (χ2v) is 2.50. The van der Waals surface area contributed by atoms with Gasteiger partial charge in [0.25, 0.3) is 0 Å². The Hall–Kier alpha value is -1.12. The highest BCUT2D eigenvalue weighted by molar-refractivity contribution is 5.18. The fourth-order valence-corrected chi connectivity index (χ4v) is 0.527. The first-order valence-corrected chi connectivity index (χ1v) is 3.47. The van der Waals surface area contributed by atoms with Gasteiger partial charge in [-0.1, -0.05) is 30.8 Å². The molecule has 0 aliphatic carbocycles. The minimum atomic E-state index is -1.16. The second kappa shape index (κ2) is 3.91. The molecule has 0 radical (unpaired) electrons. The van der Waals surface area contributed by atoms with Crippen LogP contribution in [0.5, 0.6) is 0 Å². The lowest BCUT2D eigenvalue weighted by Crippen LogP contribution is -2.20. The third-order valence-electron chi connectivity index (χ3n) is 1.45. The zero-order valence-corrected chi connectivity index (χ0v) is 6.87. The number of allylic oxidation sites excluding steroid dienone is 1. The minimum absolute atomic E-state index is 0.225. The van der Waals surface area contributed by atoms with E-state index in [9.17, 15) is 4.91 Å². The van der Waals surface area contributed by atoms with Crippen LogP contribution in [-0.2, 0) is 0 Å². The molecule has 0 fully saturated rings. The summed E-state index contributed by atoms with van der Waals surface area (Å²) in [7, 11) is 0. The van der Waals surface area contributed by atoms with Gasteiger partial charge in [0.1, 0.15) is 5.76 Å². The molecular weight excluding hydrogens is 142 g/mol. The molecule has 1 atom stereocenters. The Morgan fingerprint density at radius 3 is 2.64 bits per heavy atom. The van der Waals surface area contributed by atoms with Crippen molar-refractivity contribution in [3.63, 3.8) is 0 Å². The largest absolute Gasteiger partial charge is 0.510 e. The Balaban J connectivity index is 4.47. The topological polar surface area (TPSA) is 49.7 Å². The molecule has 0 aromatic heterocycles. The van der Waals surface area contributed by atoms with Crippen molar-refractivity contribution >= 4 is 0 Å². The van der Waals surface area contributed by atoms with E-state index in [4.69, 9.17) is 5.11 Å². The minimum Gasteiger partial charge on any atom is -0.510 e. The molecule has 0 heterocycles. The molecule has 0 aromatic rings. The van der Waals surface area contributed by atoms with Crippen molar-refractivity contribution in [2.75, 3.05) is 0 Å². The van der Waals surface area contributed by atoms with Gasteiger partial charge in [0.05, 0.1) is 0 Å². The van der Waals surface area contributed by atoms with Crippen molar-refractivity contribution in [1.82, 2.24) is 0 Å². The zero-order valence-electron chi connectivity index (χ0n) is 6.87. The molecule has 0 aromatic carbocycles. The Bertz CT molecular complexity index is 187. The summed E-state index contributed by atoms with van der Waals surface area (Å²) < 4.78 is 0. The Morgan fingerprint density at radius 1 is 1.82 bits per heavy atom. The van der Waals surface area contributed by atoms with Gasteiger partial charge in [0, 0.05) is 0 Å². The molecule has 0 saturated carbocycles. The van der Waals surface area contributed by atoms with Gasteiger partial charge in [-0.2, -0.15) is 0 Å². The Morgan fingerprint density at radius 2 is 2.36 bits per heavy atom. The Labute approximate surface area is 66.4 Å². The molecule has 0 bridgehead atoms. The van der Waals surface area contributed by atoms with E-state index in [1.807, 2.05) is 6.92 Å². The lowest BCUT2D eigenvalue weighted by molar-refractivity contribution is 0.343. The van der Waals surface area contributed by atoms with Crippen LogP contribution in [0.3, 0.4) is 0 Å². The summed E-state index contributed by atoms with van der Waals surface area (Å²) in [5, 5.41) is 11.7. The van der Waals surface area contributed by atoms with Crippen molar-refractivity contribution in [2.24, 2.45) is 5.18 Å². The van der Waals surface area contributed by atoms with Crippen LogP contribution >= 0.6 is 0 Å². The summed E-state index contributed by atoms with van der Waals surface area (Å²) >= 11 is 0. The summed E-state index contributed by atoms with van der Waals surface area (Å²) in [6, 6.07) is 0. The highest BCUT2D eigenvalue weighted by Gasteiger charge is 2.25. The summed E-state index contributed by atoms with van der Waals surface area (Å²) in [6.45, 7) is 6.70. The van der Waals surface area contributed by atoms with Crippen LogP contribution < -0.4 is 0 Å². The highest BCUT2D eigenvalue weighted by Crippen LogP contribution is 2.19. The molecule has 62 valence electrons. The lowest BCUT2D eigenvalue weighted by atomic mass is 10.0. The van der Waals surface area contributed by atoms with Crippen LogP contribution in [0.15, 0.2) is 29.7 Å². The zero-order chi connectivity index (χ0) is 8.91. The van der Waals surface area contributed by atoms with Gasteiger partial charge in [-0.25, -0.2) is 0 Å². The van der Waals surface area contributed by atoms with E-state index in [-0.39, 0.29) is 5.76 Å². The van der Waals surface area contributed by atoms with Gasteiger partial charge >= 0.3 is 0 Å². The predicted octanol–water partition coefficient (Wildman–Crippen LogP) is 2.55. The van der Waals surface area contributed by atoms with E-state index in [1.165, 1.54) is 6.92 Å². The van der Waals surface area contributed by atoms with Crippen LogP contribution in [0.4, 0.5) is 0 Å². The van der Waals surface area contributed by atoms with Gasteiger partial charge in [0.15, 0.2) is 5.54 Å². The highest BCUT2D eigenvalue weighted by atomic mass is 16.3. The molecule has 3 heteroatoms. The molecule has 0 spiro atoms. The van der Waals surface area contributed by atoms with Crippen molar-refractivity contribution < 1.29 is 5.11 Å². The number of nitroso groups, excluding NO2 is 1. The quantitative estimate of drug-likeness (QED) is 0.385. The van der Waals surface area contributed by atoms with Gasteiger partial charge in [0.2, 0.25) is 0 Å². The van der Waals surface area contributed by atoms with Gasteiger partial charge in [-0.15, -0.1) is 4.91 Å². The number of nitrogens with zero attached hydrogens (tertiary/aromatic N) is 1. The van der Waals surface area contributed by atoms with Gasteiger partial charge in [-0.05, 0) is 13.3 Å². The third kappa shape index (κ3) is 2.53. The summed E-state index contributed by atoms with van der Waals surface area (Å²) in [5.41, 5.74) is -1.16. The van der Waals surface area contributed by atoms with Crippen LogP contribution in [0.1, 0.15) is 20.3 Å². The van der Waals surface area contributed by atoms with Crippen LogP contribution in [0, 0.1) is 4.91 Å². The molecule has 0 rings (SSSR count). The van der Waals surface area contributed by atoms with E-state index < -0.39 is 5.54 Å². The van der Waals surface area contributed by atoms with Crippen molar-refractivity contribution in [2.45, 2.75) is 25.8 Å². The fourth-order valence-electron chi connectivity index (χ4n) is 0.527. The fraction of sp³-hybridized carbons (Fsp3) is 0.500. The number of aliphatic hydroxyl groups excluding tert-OH is 1. The van der Waals surface area contributed by atoms with Gasteiger partial charge in [-0.3, -0.25) is 0 Å². The van der Waals surface area contributed by atoms with E-state index in [2.05, 4.69) is 11.8 Å². The molecule has 0 saturated heterocycles. The molecule has 0 aliphatic heterocycles. The van der Waals surface area contributed by atoms with E-state index >= 15 is 0 Å². The molecule has 0 aliphatic rings. The monoisotopic (exact) mass is 155 g/mol. The molecule has 1 N–H and O–H groups in total. The average molecular weight is 155 g/mol. The number of hydrogen-bond donors (Lipinski definition) is 1. The first-order valence-electron chi connectivity index (χ1n) is 3.47. The van der Waals surface area contributed by atoms with E-state index in [0.717, 1.165) is 6.42 Å². The first kappa shape index (κ1) is 9.88.